The predicted octanol–water partition coefficient (Wildman–Crippen LogP) is 4.75. The Morgan fingerprint density at radius 2 is 2.00 bits per heavy atom. The van der Waals surface area contributed by atoms with E-state index in [-0.39, 0.29) is 6.09 Å². The van der Waals surface area contributed by atoms with E-state index >= 15 is 0 Å². The number of aromatic nitrogens is 2. The van der Waals surface area contributed by atoms with Gasteiger partial charge >= 0.3 is 6.09 Å². The van der Waals surface area contributed by atoms with Crippen molar-refractivity contribution in [1.29, 1.82) is 0 Å². The number of ether oxygens (including phenoxy) is 1. The summed E-state index contributed by atoms with van der Waals surface area (Å²) in [5.41, 5.74) is 1.82. The molecule has 136 valence electrons. The number of aryl methyl sites for hydroxylation is 1. The monoisotopic (exact) mass is 407 g/mol. The number of fused-ring (bicyclic) bond motifs is 1. The Balaban J connectivity index is 1.59. The fourth-order valence-corrected chi connectivity index (χ4v) is 3.58. The second-order valence-corrected chi connectivity index (χ2v) is 8.72. The fourth-order valence-electron chi connectivity index (χ4n) is 3.24. The lowest BCUT2D eigenvalue weighted by atomic mass is 9.97. The zero-order valence-corrected chi connectivity index (χ0v) is 17.0. The van der Waals surface area contributed by atoms with Crippen LogP contribution in [0.5, 0.6) is 0 Å². The van der Waals surface area contributed by atoms with Crippen molar-refractivity contribution < 1.29 is 9.53 Å². The molecule has 0 bridgehead atoms. The van der Waals surface area contributed by atoms with Gasteiger partial charge in [0.15, 0.2) is 0 Å². The van der Waals surface area contributed by atoms with Crippen LogP contribution in [0.3, 0.4) is 0 Å². The van der Waals surface area contributed by atoms with Crippen LogP contribution < -0.4 is 0 Å². The van der Waals surface area contributed by atoms with Crippen molar-refractivity contribution in [3.63, 3.8) is 0 Å². The van der Waals surface area contributed by atoms with Crippen LogP contribution in [-0.4, -0.2) is 39.5 Å². The van der Waals surface area contributed by atoms with Gasteiger partial charge in [0.25, 0.3) is 0 Å². The van der Waals surface area contributed by atoms with E-state index in [2.05, 4.69) is 33.7 Å². The van der Waals surface area contributed by atoms with Crippen LogP contribution in [0, 0.1) is 12.8 Å². The molecule has 0 aliphatic carbocycles. The van der Waals surface area contributed by atoms with Gasteiger partial charge in [-0.1, -0.05) is 15.9 Å². The van der Waals surface area contributed by atoms with E-state index in [1.807, 2.05) is 37.8 Å². The molecule has 1 aromatic carbocycles. The molecule has 1 aliphatic heterocycles. The molecule has 0 saturated carbocycles. The van der Waals surface area contributed by atoms with Gasteiger partial charge in [-0.2, -0.15) is 5.10 Å². The van der Waals surface area contributed by atoms with E-state index in [0.29, 0.717) is 5.92 Å². The molecule has 0 unspecified atom stereocenters. The minimum Gasteiger partial charge on any atom is -0.444 e. The Bertz CT molecular complexity index is 771. The number of likely N-dealkylation sites (tertiary alicyclic amines) is 1. The molecule has 1 aromatic heterocycles. The normalized spacial score (nSPS) is 16.4. The van der Waals surface area contributed by atoms with E-state index in [1.54, 1.807) is 0 Å². The molecule has 5 nitrogen and oxygen atoms in total. The molecule has 2 heterocycles. The molecule has 1 aliphatic rings. The summed E-state index contributed by atoms with van der Waals surface area (Å²) in [6.45, 7) is 10.2. The number of halogens is 1. The molecule has 1 amide bonds. The number of carbonyl (C=O) groups is 1. The lowest BCUT2D eigenvalue weighted by molar-refractivity contribution is 0.0177. The summed E-state index contributed by atoms with van der Waals surface area (Å²) in [6.07, 6.45) is 3.91. The first kappa shape index (κ1) is 18.2. The molecular formula is C19H26BrN3O2. The number of rotatable bonds is 2. The molecule has 1 fully saturated rings. The van der Waals surface area contributed by atoms with Crippen molar-refractivity contribution in [3.8, 4) is 0 Å². The third kappa shape index (κ3) is 4.35. The minimum absolute atomic E-state index is 0.198. The molecule has 1 saturated heterocycles. The number of hydrogen-bond donors (Lipinski definition) is 0. The van der Waals surface area contributed by atoms with E-state index < -0.39 is 5.60 Å². The maximum atomic E-state index is 12.1. The lowest BCUT2D eigenvalue weighted by Gasteiger charge is -2.33. The zero-order valence-electron chi connectivity index (χ0n) is 15.4. The Labute approximate surface area is 157 Å². The molecule has 25 heavy (non-hydrogen) atoms. The number of benzene rings is 1. The molecule has 2 aromatic rings. The van der Waals surface area contributed by atoms with Gasteiger partial charge < -0.3 is 9.64 Å². The minimum atomic E-state index is -0.435. The van der Waals surface area contributed by atoms with E-state index in [9.17, 15) is 4.79 Å². The molecule has 0 N–H and O–H groups in total. The summed E-state index contributed by atoms with van der Waals surface area (Å²) in [5, 5.41) is 5.90. The average Bonchev–Trinajstić information content (AvgIpc) is 2.93. The van der Waals surface area contributed by atoms with Crippen LogP contribution in [0.15, 0.2) is 22.8 Å². The van der Waals surface area contributed by atoms with Gasteiger partial charge in [0.2, 0.25) is 0 Å². The van der Waals surface area contributed by atoms with Crippen molar-refractivity contribution in [3.05, 3.63) is 28.4 Å². The van der Waals surface area contributed by atoms with E-state index in [0.717, 1.165) is 42.5 Å². The van der Waals surface area contributed by atoms with Crippen LogP contribution in [0.1, 0.15) is 39.2 Å². The molecule has 6 heteroatoms. The van der Waals surface area contributed by atoms with Gasteiger partial charge in [-0.25, -0.2) is 4.79 Å². The highest BCUT2D eigenvalue weighted by Crippen LogP contribution is 2.26. The van der Waals surface area contributed by atoms with Crippen molar-refractivity contribution in [2.75, 3.05) is 13.1 Å². The molecular weight excluding hydrogens is 382 g/mol. The highest BCUT2D eigenvalue weighted by Gasteiger charge is 2.27. The average molecular weight is 408 g/mol. The highest BCUT2D eigenvalue weighted by molar-refractivity contribution is 9.10. The van der Waals surface area contributed by atoms with Crippen molar-refractivity contribution in [2.24, 2.45) is 5.92 Å². The number of amides is 1. The highest BCUT2D eigenvalue weighted by atomic mass is 79.9. The maximum absolute atomic E-state index is 12.1. The maximum Gasteiger partial charge on any atom is 0.410 e. The van der Waals surface area contributed by atoms with Gasteiger partial charge in [0, 0.05) is 35.7 Å². The summed E-state index contributed by atoms with van der Waals surface area (Å²) in [7, 11) is 0. The summed E-state index contributed by atoms with van der Waals surface area (Å²) in [5.74, 6) is 0.539. The summed E-state index contributed by atoms with van der Waals surface area (Å²) >= 11 is 3.58. The molecule has 0 radical (unpaired) electrons. The third-order valence-corrected chi connectivity index (χ3v) is 5.51. The van der Waals surface area contributed by atoms with Crippen molar-refractivity contribution in [2.45, 2.75) is 52.7 Å². The van der Waals surface area contributed by atoms with Gasteiger partial charge in [-0.15, -0.1) is 0 Å². The third-order valence-electron chi connectivity index (χ3n) is 4.65. The number of hydrogen-bond acceptors (Lipinski definition) is 3. The fraction of sp³-hybridized carbons (Fsp3) is 0.579. The van der Waals surface area contributed by atoms with E-state index in [4.69, 9.17) is 9.84 Å². The summed E-state index contributed by atoms with van der Waals surface area (Å²) in [6, 6.07) is 4.10. The van der Waals surface area contributed by atoms with Crippen molar-refractivity contribution in [1.82, 2.24) is 14.7 Å². The molecule has 0 atom stereocenters. The Kier molecular flexibility index (Phi) is 5.09. The Morgan fingerprint density at radius 1 is 1.32 bits per heavy atom. The van der Waals surface area contributed by atoms with Crippen LogP contribution in [0.25, 0.3) is 10.9 Å². The van der Waals surface area contributed by atoms with Gasteiger partial charge in [-0.3, -0.25) is 4.68 Å². The first-order chi connectivity index (χ1) is 11.7. The summed E-state index contributed by atoms with van der Waals surface area (Å²) in [4.78, 5) is 14.0. The largest absolute Gasteiger partial charge is 0.444 e. The number of nitrogens with zero attached hydrogens (tertiary/aromatic N) is 3. The lowest BCUT2D eigenvalue weighted by Crippen LogP contribution is -2.42. The first-order valence-corrected chi connectivity index (χ1v) is 9.62. The van der Waals surface area contributed by atoms with Gasteiger partial charge in [0.05, 0.1) is 5.52 Å². The van der Waals surface area contributed by atoms with Gasteiger partial charge in [-0.05, 0) is 64.2 Å². The topological polar surface area (TPSA) is 47.4 Å². The SMILES string of the molecule is Cc1c(Br)ccc2nn(CC3CCN(C(=O)OC(C)(C)C)CC3)cc12. The van der Waals surface area contributed by atoms with Crippen LogP contribution >= 0.6 is 15.9 Å². The summed E-state index contributed by atoms with van der Waals surface area (Å²) < 4.78 is 8.63. The first-order valence-electron chi connectivity index (χ1n) is 8.83. The Hall–Kier alpha value is -1.56. The van der Waals surface area contributed by atoms with E-state index in [1.165, 1.54) is 10.9 Å². The van der Waals surface area contributed by atoms with Crippen LogP contribution in [0.4, 0.5) is 4.79 Å². The van der Waals surface area contributed by atoms with Gasteiger partial charge in [0.1, 0.15) is 5.60 Å². The quantitative estimate of drug-likeness (QED) is 0.720. The standard InChI is InChI=1S/C19H26BrN3O2/c1-13-15-12-23(21-17(15)6-5-16(13)20)11-14-7-9-22(10-8-14)18(24)25-19(2,3)4/h5-6,12,14H,7-11H2,1-4H3. The molecule has 0 spiro atoms. The Morgan fingerprint density at radius 3 is 2.64 bits per heavy atom. The second kappa shape index (κ2) is 6.98. The van der Waals surface area contributed by atoms with Crippen LogP contribution in [0.2, 0.25) is 0 Å². The van der Waals surface area contributed by atoms with Crippen molar-refractivity contribution >= 4 is 32.9 Å². The zero-order chi connectivity index (χ0) is 18.2. The smallest absolute Gasteiger partial charge is 0.410 e. The van der Waals surface area contributed by atoms with Crippen LogP contribution in [-0.2, 0) is 11.3 Å². The second-order valence-electron chi connectivity index (χ2n) is 7.87. The predicted molar refractivity (Wildman–Crippen MR) is 103 cm³/mol. The molecule has 3 rings (SSSR count). The number of piperidine rings is 1. The number of carbonyl (C=O) groups excluding carboxylic acids is 1.